The molecule has 7 heteroatoms. The number of nitrogens with one attached hydrogen (secondary N) is 1. The molecule has 1 aliphatic heterocycles. The minimum absolute atomic E-state index is 0.109. The molecule has 1 unspecified atom stereocenters. The topological polar surface area (TPSA) is 47.0 Å². The van der Waals surface area contributed by atoms with Gasteiger partial charge in [0.1, 0.15) is 6.10 Å². The molecule has 0 spiro atoms. The van der Waals surface area contributed by atoms with E-state index in [-0.39, 0.29) is 17.9 Å². The number of hydrogen-bond acceptors (Lipinski definition) is 4. The van der Waals surface area contributed by atoms with Crippen molar-refractivity contribution in [3.05, 3.63) is 22.8 Å². The summed E-state index contributed by atoms with van der Waals surface area (Å²) in [7, 11) is 1.47. The third-order valence-electron chi connectivity index (χ3n) is 3.48. The van der Waals surface area contributed by atoms with E-state index in [0.717, 1.165) is 0 Å². The summed E-state index contributed by atoms with van der Waals surface area (Å²) in [4.78, 5) is 8.14. The first-order chi connectivity index (χ1) is 9.64. The molecule has 0 radical (unpaired) electrons. The molecule has 0 aliphatic carbocycles. The Hall–Kier alpha value is -1.21. The summed E-state index contributed by atoms with van der Waals surface area (Å²) >= 11 is 0. The molecule has 4 nitrogen and oxygen atoms in total. The van der Waals surface area contributed by atoms with Gasteiger partial charge in [-0.25, -0.2) is 9.97 Å². The maximum absolute atomic E-state index is 13.3. The molecule has 0 saturated carbocycles. The molecule has 21 heavy (non-hydrogen) atoms. The van der Waals surface area contributed by atoms with Crippen molar-refractivity contribution < 1.29 is 17.9 Å². The lowest BCUT2D eigenvalue weighted by Crippen LogP contribution is -2.31. The van der Waals surface area contributed by atoms with E-state index in [9.17, 15) is 13.2 Å². The second-order valence-corrected chi connectivity index (χ2v) is 6.26. The fourth-order valence-corrected chi connectivity index (χ4v) is 2.56. The van der Waals surface area contributed by atoms with Crippen molar-refractivity contribution in [2.45, 2.75) is 46.0 Å². The SMILES string of the molecule is COC(c1nc2c(c(C(F)(F)F)n1)CNCC2)C(C)(C)C. The maximum atomic E-state index is 13.3. The van der Waals surface area contributed by atoms with Crippen molar-refractivity contribution >= 4 is 0 Å². The van der Waals surface area contributed by atoms with Crippen molar-refractivity contribution in [3.63, 3.8) is 0 Å². The Balaban J connectivity index is 2.59. The summed E-state index contributed by atoms with van der Waals surface area (Å²) in [5.41, 5.74) is -0.613. The summed E-state index contributed by atoms with van der Waals surface area (Å²) in [5.74, 6) is 0.109. The summed E-state index contributed by atoms with van der Waals surface area (Å²) in [5, 5.41) is 2.94. The second kappa shape index (κ2) is 5.53. The molecular weight excluding hydrogens is 283 g/mol. The summed E-state index contributed by atoms with van der Waals surface area (Å²) < 4.78 is 45.1. The highest BCUT2D eigenvalue weighted by molar-refractivity contribution is 5.31. The second-order valence-electron chi connectivity index (χ2n) is 6.26. The van der Waals surface area contributed by atoms with E-state index in [1.54, 1.807) is 0 Å². The Kier molecular flexibility index (Phi) is 4.26. The van der Waals surface area contributed by atoms with Crippen molar-refractivity contribution in [3.8, 4) is 0 Å². The van der Waals surface area contributed by atoms with Crippen molar-refractivity contribution in [2.24, 2.45) is 5.41 Å². The number of alkyl halides is 3. The van der Waals surface area contributed by atoms with Gasteiger partial charge in [0.25, 0.3) is 0 Å². The lowest BCUT2D eigenvalue weighted by molar-refractivity contribution is -0.142. The van der Waals surface area contributed by atoms with E-state index in [0.29, 0.717) is 18.7 Å². The van der Waals surface area contributed by atoms with Gasteiger partial charge in [-0.15, -0.1) is 0 Å². The van der Waals surface area contributed by atoms with Crippen molar-refractivity contribution in [1.29, 1.82) is 0 Å². The molecule has 1 aliphatic rings. The Morgan fingerprint density at radius 3 is 2.38 bits per heavy atom. The highest BCUT2D eigenvalue weighted by Crippen LogP contribution is 2.37. The number of methoxy groups -OCH3 is 1. The first-order valence-electron chi connectivity index (χ1n) is 6.85. The smallest absolute Gasteiger partial charge is 0.373 e. The molecule has 0 saturated heterocycles. The molecule has 0 bridgehead atoms. The van der Waals surface area contributed by atoms with E-state index in [1.165, 1.54) is 7.11 Å². The van der Waals surface area contributed by atoms with Gasteiger partial charge in [0.15, 0.2) is 11.5 Å². The van der Waals surface area contributed by atoms with Crippen LogP contribution in [-0.2, 0) is 23.9 Å². The zero-order valence-electron chi connectivity index (χ0n) is 12.6. The van der Waals surface area contributed by atoms with E-state index < -0.39 is 23.4 Å². The quantitative estimate of drug-likeness (QED) is 0.912. The van der Waals surface area contributed by atoms with Crippen LogP contribution in [0.5, 0.6) is 0 Å². The van der Waals surface area contributed by atoms with Crippen LogP contribution in [0.15, 0.2) is 0 Å². The predicted molar refractivity (Wildman–Crippen MR) is 71.6 cm³/mol. The van der Waals surface area contributed by atoms with Gasteiger partial charge in [0.05, 0.1) is 5.69 Å². The minimum atomic E-state index is -4.49. The number of rotatable bonds is 2. The highest BCUT2D eigenvalue weighted by Gasteiger charge is 2.40. The predicted octanol–water partition coefficient (Wildman–Crippen LogP) is 2.87. The standard InChI is InChI=1S/C14H20F3N3O/c1-13(2,3)11(21-4)12-19-9-5-6-18-7-8(9)10(20-12)14(15,16)17/h11,18H,5-7H2,1-4H3. The largest absolute Gasteiger partial charge is 0.433 e. The van der Waals surface area contributed by atoms with Crippen LogP contribution in [0, 0.1) is 5.41 Å². The molecule has 2 heterocycles. The van der Waals surface area contributed by atoms with E-state index in [4.69, 9.17) is 4.74 Å². The van der Waals surface area contributed by atoms with Gasteiger partial charge in [0, 0.05) is 32.2 Å². The summed E-state index contributed by atoms with van der Waals surface area (Å²) in [6, 6.07) is 0. The normalized spacial score (nSPS) is 17.5. The Morgan fingerprint density at radius 2 is 1.86 bits per heavy atom. The Labute approximate surface area is 122 Å². The molecule has 1 aromatic heterocycles. The van der Waals surface area contributed by atoms with E-state index in [1.807, 2.05) is 20.8 Å². The highest BCUT2D eigenvalue weighted by atomic mass is 19.4. The van der Waals surface area contributed by atoms with Crippen LogP contribution in [0.3, 0.4) is 0 Å². The fourth-order valence-electron chi connectivity index (χ4n) is 2.56. The molecule has 118 valence electrons. The lowest BCUT2D eigenvalue weighted by Gasteiger charge is -2.30. The fraction of sp³-hybridized carbons (Fsp3) is 0.714. The van der Waals surface area contributed by atoms with Gasteiger partial charge in [-0.05, 0) is 5.41 Å². The summed E-state index contributed by atoms with van der Waals surface area (Å²) in [6.45, 7) is 6.43. The molecule has 0 fully saturated rings. The third kappa shape index (κ3) is 3.35. The van der Waals surface area contributed by atoms with Crippen molar-refractivity contribution in [2.75, 3.05) is 13.7 Å². The van der Waals surface area contributed by atoms with Gasteiger partial charge < -0.3 is 10.1 Å². The van der Waals surface area contributed by atoms with Crippen LogP contribution >= 0.6 is 0 Å². The first-order valence-corrected chi connectivity index (χ1v) is 6.85. The maximum Gasteiger partial charge on any atom is 0.433 e. The van der Waals surface area contributed by atoms with Crippen molar-refractivity contribution in [1.82, 2.24) is 15.3 Å². The number of ether oxygens (including phenoxy) is 1. The van der Waals surface area contributed by atoms with Crippen LogP contribution in [0.25, 0.3) is 0 Å². The zero-order valence-corrected chi connectivity index (χ0v) is 12.6. The number of fused-ring (bicyclic) bond motifs is 1. The minimum Gasteiger partial charge on any atom is -0.373 e. The number of aromatic nitrogens is 2. The first kappa shape index (κ1) is 16.2. The zero-order chi connectivity index (χ0) is 15.8. The van der Waals surface area contributed by atoms with Gasteiger partial charge in [-0.3, -0.25) is 0 Å². The number of nitrogens with zero attached hydrogens (tertiary/aromatic N) is 2. The molecule has 2 rings (SSSR count). The average Bonchev–Trinajstić information content (AvgIpc) is 2.35. The molecular formula is C14H20F3N3O. The number of hydrogen-bond donors (Lipinski definition) is 1. The molecule has 1 atom stereocenters. The molecule has 0 aromatic carbocycles. The molecule has 1 aromatic rings. The Morgan fingerprint density at radius 1 is 1.19 bits per heavy atom. The van der Waals surface area contributed by atoms with Crippen LogP contribution < -0.4 is 5.32 Å². The van der Waals surface area contributed by atoms with Gasteiger partial charge in [-0.1, -0.05) is 20.8 Å². The van der Waals surface area contributed by atoms with Gasteiger partial charge in [0.2, 0.25) is 0 Å². The van der Waals surface area contributed by atoms with Crippen LogP contribution in [0.2, 0.25) is 0 Å². The third-order valence-corrected chi connectivity index (χ3v) is 3.48. The van der Waals surface area contributed by atoms with E-state index in [2.05, 4.69) is 15.3 Å². The van der Waals surface area contributed by atoms with Crippen LogP contribution in [0.4, 0.5) is 13.2 Å². The van der Waals surface area contributed by atoms with Crippen LogP contribution in [-0.4, -0.2) is 23.6 Å². The number of halogens is 3. The lowest BCUT2D eigenvalue weighted by atomic mass is 9.88. The van der Waals surface area contributed by atoms with Gasteiger partial charge in [-0.2, -0.15) is 13.2 Å². The molecule has 1 N–H and O–H groups in total. The monoisotopic (exact) mass is 303 g/mol. The van der Waals surface area contributed by atoms with Crippen LogP contribution in [0.1, 0.15) is 49.7 Å². The Bertz CT molecular complexity index is 523. The average molecular weight is 303 g/mol. The van der Waals surface area contributed by atoms with Gasteiger partial charge >= 0.3 is 6.18 Å². The van der Waals surface area contributed by atoms with E-state index >= 15 is 0 Å². The summed E-state index contributed by atoms with van der Waals surface area (Å²) in [6.07, 6.45) is -4.61. The molecule has 0 amide bonds.